The maximum absolute atomic E-state index is 12.0. The molecule has 10 heteroatoms. The first-order valence-corrected chi connectivity index (χ1v) is 9.37. The number of amides is 3. The molecule has 0 aliphatic rings. The lowest BCUT2D eigenvalue weighted by atomic mass is 10.2. The summed E-state index contributed by atoms with van der Waals surface area (Å²) in [7, 11) is -3.74. The van der Waals surface area contributed by atoms with E-state index in [2.05, 4.69) is 11.9 Å². The molecule has 0 radical (unpaired) electrons. The summed E-state index contributed by atoms with van der Waals surface area (Å²) in [6.07, 6.45) is 2.39. The van der Waals surface area contributed by atoms with Gasteiger partial charge in [-0.15, -0.1) is 6.58 Å². The van der Waals surface area contributed by atoms with E-state index in [4.69, 9.17) is 4.74 Å². The molecular weight excluding hydrogens is 362 g/mol. The molecule has 0 saturated heterocycles. The SMILES string of the molecule is C=CCNC(=O)NC(=O)COC(=O)CN(c1ccccc1C)S(C)(=O)=O. The molecule has 1 rings (SSSR count). The Morgan fingerprint density at radius 2 is 1.92 bits per heavy atom. The number of ether oxygens (including phenoxy) is 1. The number of carbonyl (C=O) groups is 3. The Morgan fingerprint density at radius 1 is 1.27 bits per heavy atom. The number of carbonyl (C=O) groups excluding carboxylic acids is 3. The van der Waals surface area contributed by atoms with E-state index in [1.165, 1.54) is 6.08 Å². The molecule has 0 heterocycles. The summed E-state index contributed by atoms with van der Waals surface area (Å²) in [5, 5.41) is 4.26. The van der Waals surface area contributed by atoms with Crippen molar-refractivity contribution in [2.75, 3.05) is 30.3 Å². The second-order valence-corrected chi connectivity index (χ2v) is 7.17. The van der Waals surface area contributed by atoms with E-state index in [0.29, 0.717) is 11.3 Å². The number of benzene rings is 1. The normalized spacial score (nSPS) is 10.5. The van der Waals surface area contributed by atoms with Crippen molar-refractivity contribution in [3.05, 3.63) is 42.5 Å². The number of nitrogens with one attached hydrogen (secondary N) is 2. The molecule has 9 nitrogen and oxygen atoms in total. The first-order chi connectivity index (χ1) is 12.1. The third-order valence-electron chi connectivity index (χ3n) is 3.08. The number of hydrogen-bond donors (Lipinski definition) is 2. The van der Waals surface area contributed by atoms with Crippen molar-refractivity contribution in [3.63, 3.8) is 0 Å². The second-order valence-electron chi connectivity index (χ2n) is 5.26. The Labute approximate surface area is 152 Å². The average Bonchev–Trinajstić information content (AvgIpc) is 2.56. The van der Waals surface area contributed by atoms with Gasteiger partial charge in [-0.1, -0.05) is 24.3 Å². The summed E-state index contributed by atoms with van der Waals surface area (Å²) in [4.78, 5) is 34.7. The van der Waals surface area contributed by atoms with Crippen molar-refractivity contribution < 1.29 is 27.5 Å². The highest BCUT2D eigenvalue weighted by Crippen LogP contribution is 2.21. The third kappa shape index (κ3) is 6.93. The van der Waals surface area contributed by atoms with Crippen molar-refractivity contribution in [3.8, 4) is 0 Å². The van der Waals surface area contributed by atoms with Crippen molar-refractivity contribution in [1.29, 1.82) is 0 Å². The molecule has 0 atom stereocenters. The molecule has 1 aromatic carbocycles. The van der Waals surface area contributed by atoms with Gasteiger partial charge in [0.25, 0.3) is 5.91 Å². The van der Waals surface area contributed by atoms with E-state index in [-0.39, 0.29) is 6.54 Å². The zero-order valence-corrected chi connectivity index (χ0v) is 15.3. The van der Waals surface area contributed by atoms with Crippen LogP contribution in [-0.4, -0.2) is 52.3 Å². The van der Waals surface area contributed by atoms with Gasteiger partial charge in [0.05, 0.1) is 11.9 Å². The molecule has 0 fully saturated rings. The first kappa shape index (κ1) is 21.2. The van der Waals surface area contributed by atoms with E-state index in [9.17, 15) is 22.8 Å². The fourth-order valence-electron chi connectivity index (χ4n) is 1.91. The molecule has 26 heavy (non-hydrogen) atoms. The van der Waals surface area contributed by atoms with Crippen LogP contribution in [0.3, 0.4) is 0 Å². The lowest BCUT2D eigenvalue weighted by molar-refractivity contribution is -0.146. The minimum Gasteiger partial charge on any atom is -0.454 e. The summed E-state index contributed by atoms with van der Waals surface area (Å²) in [6.45, 7) is 3.95. The van der Waals surface area contributed by atoms with Crippen LogP contribution in [0.15, 0.2) is 36.9 Å². The van der Waals surface area contributed by atoms with Gasteiger partial charge in [0.1, 0.15) is 6.54 Å². The fourth-order valence-corrected chi connectivity index (χ4v) is 2.81. The number of rotatable bonds is 8. The number of para-hydroxylation sites is 1. The highest BCUT2D eigenvalue weighted by Gasteiger charge is 2.23. The molecule has 0 bridgehead atoms. The van der Waals surface area contributed by atoms with Crippen LogP contribution in [0.25, 0.3) is 0 Å². The number of urea groups is 1. The predicted octanol–water partition coefficient (Wildman–Crippen LogP) is 0.316. The maximum atomic E-state index is 12.0. The molecule has 0 spiro atoms. The van der Waals surface area contributed by atoms with E-state index in [1.54, 1.807) is 31.2 Å². The van der Waals surface area contributed by atoms with Crippen LogP contribution in [0, 0.1) is 6.92 Å². The van der Waals surface area contributed by atoms with Gasteiger partial charge in [0.2, 0.25) is 10.0 Å². The van der Waals surface area contributed by atoms with Gasteiger partial charge in [0.15, 0.2) is 6.61 Å². The Bertz CT molecular complexity index is 791. The van der Waals surface area contributed by atoms with Gasteiger partial charge in [-0.2, -0.15) is 0 Å². The number of esters is 1. The molecule has 0 aliphatic heterocycles. The smallest absolute Gasteiger partial charge is 0.327 e. The van der Waals surface area contributed by atoms with Crippen LogP contribution in [0.4, 0.5) is 10.5 Å². The van der Waals surface area contributed by atoms with Crippen LogP contribution in [0.1, 0.15) is 5.56 Å². The summed E-state index contributed by atoms with van der Waals surface area (Å²) in [5.41, 5.74) is 0.988. The summed E-state index contributed by atoms with van der Waals surface area (Å²) >= 11 is 0. The Morgan fingerprint density at radius 3 is 2.50 bits per heavy atom. The van der Waals surface area contributed by atoms with E-state index >= 15 is 0 Å². The lowest BCUT2D eigenvalue weighted by Crippen LogP contribution is -2.42. The Hall–Kier alpha value is -2.88. The van der Waals surface area contributed by atoms with Gasteiger partial charge >= 0.3 is 12.0 Å². The van der Waals surface area contributed by atoms with Crippen molar-refractivity contribution in [1.82, 2.24) is 10.6 Å². The zero-order chi connectivity index (χ0) is 19.7. The number of aryl methyl sites for hydroxylation is 1. The number of imide groups is 1. The number of sulfonamides is 1. The Balaban J connectivity index is 2.66. The van der Waals surface area contributed by atoms with Crippen molar-refractivity contribution >= 4 is 33.6 Å². The Kier molecular flexibility index (Phi) is 7.78. The molecule has 2 N–H and O–H groups in total. The van der Waals surface area contributed by atoms with Crippen LogP contribution in [0.5, 0.6) is 0 Å². The average molecular weight is 383 g/mol. The molecule has 0 aliphatic carbocycles. The zero-order valence-electron chi connectivity index (χ0n) is 14.5. The standard InChI is InChI=1S/C16H21N3O6S/c1-4-9-17-16(22)18-14(20)11-25-15(21)10-19(26(3,23)24)13-8-6-5-7-12(13)2/h4-8H,1,9-11H2,2-3H3,(H2,17,18,20,22). The number of anilines is 1. The fraction of sp³-hybridized carbons (Fsp3) is 0.312. The largest absolute Gasteiger partial charge is 0.454 e. The number of hydrogen-bond acceptors (Lipinski definition) is 6. The van der Waals surface area contributed by atoms with Gasteiger partial charge < -0.3 is 10.1 Å². The van der Waals surface area contributed by atoms with Gasteiger partial charge in [-0.3, -0.25) is 19.2 Å². The highest BCUT2D eigenvalue weighted by atomic mass is 32.2. The van der Waals surface area contributed by atoms with E-state index < -0.39 is 41.1 Å². The monoisotopic (exact) mass is 383 g/mol. The van der Waals surface area contributed by atoms with Crippen LogP contribution in [0.2, 0.25) is 0 Å². The third-order valence-corrected chi connectivity index (χ3v) is 4.21. The van der Waals surface area contributed by atoms with Crippen LogP contribution < -0.4 is 14.9 Å². The molecular formula is C16H21N3O6S. The van der Waals surface area contributed by atoms with Crippen LogP contribution in [-0.2, 0) is 24.3 Å². The molecule has 142 valence electrons. The summed E-state index contributed by atoms with van der Waals surface area (Å²) in [5.74, 6) is -1.78. The van der Waals surface area contributed by atoms with Gasteiger partial charge in [-0.05, 0) is 18.6 Å². The molecule has 3 amide bonds. The van der Waals surface area contributed by atoms with E-state index in [1.807, 2.05) is 5.32 Å². The van der Waals surface area contributed by atoms with Gasteiger partial charge in [-0.25, -0.2) is 13.2 Å². The van der Waals surface area contributed by atoms with Gasteiger partial charge in [0, 0.05) is 6.54 Å². The lowest BCUT2D eigenvalue weighted by Gasteiger charge is -2.23. The minimum absolute atomic E-state index is 0.165. The van der Waals surface area contributed by atoms with Crippen molar-refractivity contribution in [2.45, 2.75) is 6.92 Å². The molecule has 0 aromatic heterocycles. The molecule has 0 saturated carbocycles. The van der Waals surface area contributed by atoms with Crippen LogP contribution >= 0.6 is 0 Å². The summed E-state index contributed by atoms with van der Waals surface area (Å²) in [6, 6.07) is 5.87. The minimum atomic E-state index is -3.74. The molecule has 0 unspecified atom stereocenters. The second kappa shape index (κ2) is 9.56. The van der Waals surface area contributed by atoms with E-state index in [0.717, 1.165) is 10.6 Å². The topological polar surface area (TPSA) is 122 Å². The quantitative estimate of drug-likeness (QED) is 0.492. The maximum Gasteiger partial charge on any atom is 0.327 e. The first-order valence-electron chi connectivity index (χ1n) is 7.52. The highest BCUT2D eigenvalue weighted by molar-refractivity contribution is 7.92. The molecule has 1 aromatic rings. The predicted molar refractivity (Wildman–Crippen MR) is 96.1 cm³/mol. The summed E-state index contributed by atoms with van der Waals surface area (Å²) < 4.78 is 29.6. The van der Waals surface area contributed by atoms with Crippen molar-refractivity contribution in [2.24, 2.45) is 0 Å². The number of nitrogens with zero attached hydrogens (tertiary/aromatic N) is 1.